The number of rotatable bonds is 5. The van der Waals surface area contributed by atoms with E-state index >= 15 is 0 Å². The Morgan fingerprint density at radius 1 is 1.13 bits per heavy atom. The van der Waals surface area contributed by atoms with E-state index in [9.17, 15) is 25.2 Å². The predicted molar refractivity (Wildman–Crippen MR) is 109 cm³/mol. The maximum atomic E-state index is 11.9. The summed E-state index contributed by atoms with van der Waals surface area (Å²) in [6, 6.07) is 12.6. The standard InChI is InChI=1S/C22H27NO7/c1-12-9-14(13-5-4-6-15(10-13)20(28)23-3)7-8-16(12)29-21-18(26)17(25)19(27)22(2,11-24)30-21/h4-10,17-19,21,24-27H,11H2,1-3H3,(H,23,28)/t17-,18+,19+,21+,22-/m1/s1. The van der Waals surface area contributed by atoms with Crippen molar-refractivity contribution in [2.75, 3.05) is 13.7 Å². The molecule has 8 nitrogen and oxygen atoms in total. The summed E-state index contributed by atoms with van der Waals surface area (Å²) < 4.78 is 11.3. The van der Waals surface area contributed by atoms with Crippen LogP contribution in [0.5, 0.6) is 5.75 Å². The fourth-order valence-electron chi connectivity index (χ4n) is 3.41. The van der Waals surface area contributed by atoms with Crippen molar-refractivity contribution in [3.63, 3.8) is 0 Å². The molecule has 0 spiro atoms. The van der Waals surface area contributed by atoms with E-state index in [0.717, 1.165) is 16.7 Å². The average molecular weight is 417 g/mol. The topological polar surface area (TPSA) is 128 Å². The first-order chi connectivity index (χ1) is 14.2. The van der Waals surface area contributed by atoms with Crippen LogP contribution in [0.2, 0.25) is 0 Å². The molecule has 2 aromatic carbocycles. The van der Waals surface area contributed by atoms with Crippen LogP contribution in [0.4, 0.5) is 0 Å². The van der Waals surface area contributed by atoms with Crippen molar-refractivity contribution >= 4 is 5.91 Å². The van der Waals surface area contributed by atoms with Gasteiger partial charge in [0.1, 0.15) is 29.7 Å². The molecular weight excluding hydrogens is 390 g/mol. The summed E-state index contributed by atoms with van der Waals surface area (Å²) in [6.45, 7) is 2.68. The first-order valence-electron chi connectivity index (χ1n) is 9.63. The Balaban J connectivity index is 1.83. The van der Waals surface area contributed by atoms with Gasteiger partial charge in [-0.3, -0.25) is 4.79 Å². The van der Waals surface area contributed by atoms with Crippen LogP contribution in [-0.2, 0) is 4.74 Å². The molecule has 1 aliphatic rings. The normalized spacial score (nSPS) is 28.8. The quantitative estimate of drug-likeness (QED) is 0.482. The van der Waals surface area contributed by atoms with Gasteiger partial charge in [0, 0.05) is 12.6 Å². The highest BCUT2D eigenvalue weighted by Gasteiger charge is 2.51. The molecule has 5 atom stereocenters. The van der Waals surface area contributed by atoms with Crippen molar-refractivity contribution in [2.24, 2.45) is 0 Å². The highest BCUT2D eigenvalue weighted by Crippen LogP contribution is 2.33. The minimum absolute atomic E-state index is 0.176. The lowest BCUT2D eigenvalue weighted by atomic mass is 9.89. The Labute approximate surface area is 174 Å². The summed E-state index contributed by atoms with van der Waals surface area (Å²) in [5.74, 6) is 0.235. The van der Waals surface area contributed by atoms with Gasteiger partial charge < -0.3 is 35.2 Å². The molecule has 0 saturated carbocycles. The molecule has 0 radical (unpaired) electrons. The number of aryl methyl sites for hydroxylation is 1. The van der Waals surface area contributed by atoms with Gasteiger partial charge in [-0.15, -0.1) is 0 Å². The van der Waals surface area contributed by atoms with Crippen molar-refractivity contribution in [2.45, 2.75) is 44.1 Å². The Hall–Kier alpha value is -2.49. The number of carbonyl (C=O) groups excluding carboxylic acids is 1. The molecule has 0 unspecified atom stereocenters. The van der Waals surface area contributed by atoms with E-state index in [-0.39, 0.29) is 5.91 Å². The van der Waals surface area contributed by atoms with Gasteiger partial charge in [0.25, 0.3) is 5.91 Å². The summed E-state index contributed by atoms with van der Waals surface area (Å²) in [5, 5.41) is 42.6. The Morgan fingerprint density at radius 2 is 1.83 bits per heavy atom. The van der Waals surface area contributed by atoms with Crippen LogP contribution in [0, 0.1) is 6.92 Å². The third kappa shape index (κ3) is 4.19. The highest BCUT2D eigenvalue weighted by molar-refractivity contribution is 5.95. The third-order valence-corrected chi connectivity index (χ3v) is 5.38. The molecule has 1 saturated heterocycles. The number of aliphatic hydroxyl groups is 4. The maximum absolute atomic E-state index is 11.9. The number of amides is 1. The number of nitrogens with one attached hydrogen (secondary N) is 1. The molecule has 0 aromatic heterocycles. The summed E-state index contributed by atoms with van der Waals surface area (Å²) in [6.07, 6.45) is -5.77. The van der Waals surface area contributed by atoms with E-state index in [2.05, 4.69) is 5.32 Å². The van der Waals surface area contributed by atoms with E-state index in [1.54, 1.807) is 37.4 Å². The van der Waals surface area contributed by atoms with Crippen molar-refractivity contribution in [3.8, 4) is 16.9 Å². The molecule has 8 heteroatoms. The lowest BCUT2D eigenvalue weighted by molar-refractivity contribution is -0.313. The Morgan fingerprint density at radius 3 is 2.47 bits per heavy atom. The van der Waals surface area contributed by atoms with Gasteiger partial charge >= 0.3 is 0 Å². The van der Waals surface area contributed by atoms with E-state index in [4.69, 9.17) is 9.47 Å². The fourth-order valence-corrected chi connectivity index (χ4v) is 3.41. The zero-order chi connectivity index (χ0) is 22.1. The molecule has 1 amide bonds. The maximum Gasteiger partial charge on any atom is 0.251 e. The third-order valence-electron chi connectivity index (χ3n) is 5.38. The minimum Gasteiger partial charge on any atom is -0.462 e. The molecule has 0 aliphatic carbocycles. The van der Waals surface area contributed by atoms with Crippen LogP contribution in [-0.4, -0.2) is 70.2 Å². The number of benzene rings is 2. The molecule has 2 aromatic rings. The van der Waals surface area contributed by atoms with Crippen LogP contribution in [0.3, 0.4) is 0 Å². The van der Waals surface area contributed by atoms with E-state index in [1.807, 2.05) is 19.1 Å². The van der Waals surface area contributed by atoms with Crippen molar-refractivity contribution in [1.29, 1.82) is 0 Å². The Bertz CT molecular complexity index is 918. The first-order valence-corrected chi connectivity index (χ1v) is 9.63. The number of hydrogen-bond acceptors (Lipinski definition) is 7. The van der Waals surface area contributed by atoms with Gasteiger partial charge in [0.2, 0.25) is 6.29 Å². The molecule has 1 fully saturated rings. The number of ether oxygens (including phenoxy) is 2. The van der Waals surface area contributed by atoms with Crippen molar-refractivity contribution in [1.82, 2.24) is 5.32 Å². The largest absolute Gasteiger partial charge is 0.462 e. The predicted octanol–water partition coefficient (Wildman–Crippen LogP) is 0.590. The van der Waals surface area contributed by atoms with E-state index in [1.165, 1.54) is 6.92 Å². The number of hydrogen-bond donors (Lipinski definition) is 5. The van der Waals surface area contributed by atoms with Crippen LogP contribution in [0.15, 0.2) is 42.5 Å². The smallest absolute Gasteiger partial charge is 0.251 e. The second-order valence-corrected chi connectivity index (χ2v) is 7.64. The summed E-state index contributed by atoms with van der Waals surface area (Å²) in [7, 11) is 1.57. The zero-order valence-electron chi connectivity index (χ0n) is 17.1. The van der Waals surface area contributed by atoms with Crippen LogP contribution < -0.4 is 10.1 Å². The lowest BCUT2D eigenvalue weighted by Crippen LogP contribution is -2.65. The second-order valence-electron chi connectivity index (χ2n) is 7.64. The number of aliphatic hydroxyl groups excluding tert-OH is 4. The first kappa shape index (κ1) is 22.2. The zero-order valence-corrected chi connectivity index (χ0v) is 17.1. The van der Waals surface area contributed by atoms with Gasteiger partial charge in [0.05, 0.1) is 6.61 Å². The van der Waals surface area contributed by atoms with E-state index < -0.39 is 36.8 Å². The monoisotopic (exact) mass is 417 g/mol. The lowest BCUT2D eigenvalue weighted by Gasteiger charge is -2.45. The second kappa shape index (κ2) is 8.71. The molecule has 1 aliphatic heterocycles. The van der Waals surface area contributed by atoms with Gasteiger partial charge in [-0.05, 0) is 54.8 Å². The van der Waals surface area contributed by atoms with Crippen LogP contribution in [0.1, 0.15) is 22.8 Å². The van der Waals surface area contributed by atoms with E-state index in [0.29, 0.717) is 11.3 Å². The fraction of sp³-hybridized carbons (Fsp3) is 0.409. The number of carbonyl (C=O) groups is 1. The molecule has 162 valence electrons. The van der Waals surface area contributed by atoms with Crippen molar-refractivity contribution < 1.29 is 34.7 Å². The molecule has 30 heavy (non-hydrogen) atoms. The summed E-state index contributed by atoms with van der Waals surface area (Å²) in [4.78, 5) is 11.9. The molecular formula is C22H27NO7. The molecule has 5 N–H and O–H groups in total. The minimum atomic E-state index is -1.53. The average Bonchev–Trinajstić information content (AvgIpc) is 2.76. The van der Waals surface area contributed by atoms with Gasteiger partial charge in [-0.25, -0.2) is 0 Å². The molecule has 3 rings (SSSR count). The molecule has 1 heterocycles. The van der Waals surface area contributed by atoms with Crippen LogP contribution >= 0.6 is 0 Å². The molecule has 0 bridgehead atoms. The Kier molecular flexibility index (Phi) is 6.44. The SMILES string of the molecule is CNC(=O)c1cccc(-c2ccc(O[C@H]3O[C@](C)(CO)[C@@H](O)[C@H](O)[C@@H]3O)c(C)c2)c1. The van der Waals surface area contributed by atoms with Gasteiger partial charge in [-0.2, -0.15) is 0 Å². The van der Waals surface area contributed by atoms with Gasteiger partial charge in [0.15, 0.2) is 0 Å². The van der Waals surface area contributed by atoms with Gasteiger partial charge in [-0.1, -0.05) is 18.2 Å². The van der Waals surface area contributed by atoms with Crippen molar-refractivity contribution in [3.05, 3.63) is 53.6 Å². The highest BCUT2D eigenvalue weighted by atomic mass is 16.7. The summed E-state index contributed by atoms with van der Waals surface area (Å²) in [5.41, 5.74) is 1.53. The van der Waals surface area contributed by atoms with Crippen LogP contribution in [0.25, 0.3) is 11.1 Å². The summed E-state index contributed by atoms with van der Waals surface area (Å²) >= 11 is 0.